The number of pyridine rings is 2. The second kappa shape index (κ2) is 17.5. The van der Waals surface area contributed by atoms with E-state index in [1.54, 1.807) is 18.5 Å². The van der Waals surface area contributed by atoms with Crippen LogP contribution in [0.5, 0.6) is 0 Å². The molecule has 0 radical (unpaired) electrons. The highest BCUT2D eigenvalue weighted by Crippen LogP contribution is 2.32. The lowest BCUT2D eigenvalue weighted by molar-refractivity contribution is -0.120. The molecule has 6 heterocycles. The van der Waals surface area contributed by atoms with Crippen molar-refractivity contribution >= 4 is 45.3 Å². The molecule has 4 aromatic heterocycles. The van der Waals surface area contributed by atoms with E-state index in [2.05, 4.69) is 62.9 Å². The van der Waals surface area contributed by atoms with Gasteiger partial charge >= 0.3 is 0 Å². The number of piperidine rings is 2. The van der Waals surface area contributed by atoms with E-state index in [1.165, 1.54) is 24.8 Å². The van der Waals surface area contributed by atoms with Gasteiger partial charge in [-0.2, -0.15) is 10.2 Å². The first-order valence-corrected chi connectivity index (χ1v) is 20.5. The molecule has 0 spiro atoms. The van der Waals surface area contributed by atoms with Gasteiger partial charge in [-0.3, -0.25) is 29.8 Å². The summed E-state index contributed by atoms with van der Waals surface area (Å²) < 4.78 is 30.9. The Bertz CT molecular complexity index is 2410. The third kappa shape index (κ3) is 8.77. The zero-order valence-electron chi connectivity index (χ0n) is 33.0. The van der Waals surface area contributed by atoms with Crippen LogP contribution in [-0.2, 0) is 9.59 Å². The van der Waals surface area contributed by atoms with Gasteiger partial charge in [-0.05, 0) is 113 Å². The third-order valence-electron chi connectivity index (χ3n) is 11.9. The Morgan fingerprint density at radius 3 is 2.10 bits per heavy atom. The van der Waals surface area contributed by atoms with Gasteiger partial charge in [0.15, 0.2) is 23.3 Å². The number of aromatic nitrogens is 6. The van der Waals surface area contributed by atoms with Gasteiger partial charge in [-0.25, -0.2) is 8.78 Å². The first kappa shape index (κ1) is 39.2. The van der Waals surface area contributed by atoms with Gasteiger partial charge in [-0.15, -0.1) is 0 Å². The molecule has 6 aromatic rings. The van der Waals surface area contributed by atoms with Crippen LogP contribution in [0.2, 0.25) is 0 Å². The number of halogens is 2. The van der Waals surface area contributed by atoms with Gasteiger partial charge in [0.2, 0.25) is 11.8 Å². The number of carbonyl (C=O) groups excluding carboxylic acids is 2. The number of H-pyrrole nitrogens is 2. The first-order valence-electron chi connectivity index (χ1n) is 20.5. The fourth-order valence-electron chi connectivity index (χ4n) is 8.17. The number of amides is 2. The van der Waals surface area contributed by atoms with Gasteiger partial charge in [0.25, 0.3) is 0 Å². The number of fused-ring (bicyclic) bond motifs is 2. The van der Waals surface area contributed by atoms with E-state index in [0.29, 0.717) is 29.9 Å². The van der Waals surface area contributed by atoms with E-state index in [-0.39, 0.29) is 46.7 Å². The van der Waals surface area contributed by atoms with Crippen LogP contribution in [0.25, 0.3) is 44.3 Å². The molecule has 58 heavy (non-hydrogen) atoms. The Balaban J connectivity index is 0.838. The fourth-order valence-corrected chi connectivity index (χ4v) is 8.17. The lowest BCUT2D eigenvalue weighted by Gasteiger charge is -2.33. The van der Waals surface area contributed by atoms with Gasteiger partial charge in [-0.1, -0.05) is 44.5 Å². The molecule has 2 aliphatic rings. The minimum atomic E-state index is -0.610. The third-order valence-corrected chi connectivity index (χ3v) is 11.9. The molecule has 0 saturated carbocycles. The number of hydrogen-bond donors (Lipinski definition) is 4. The maximum absolute atomic E-state index is 15.5. The molecule has 2 aromatic carbocycles. The van der Waals surface area contributed by atoms with Gasteiger partial charge in [0.1, 0.15) is 11.4 Å². The SMILES string of the molecule is CC(CCN1CCCCC1)C(=O)Nc1n[nH]c(-c2cnc3cc(C4CCCN(CCC(C)C(=O)Nc5n[nH]c(-c6ccc7ncccc7c6)c5F)C4)ccc3c2)c1F. The van der Waals surface area contributed by atoms with Crippen LogP contribution >= 0.6 is 0 Å². The van der Waals surface area contributed by atoms with Crippen molar-refractivity contribution in [3.63, 3.8) is 0 Å². The van der Waals surface area contributed by atoms with Gasteiger partial charge < -0.3 is 20.4 Å². The van der Waals surface area contributed by atoms with E-state index in [9.17, 15) is 9.59 Å². The van der Waals surface area contributed by atoms with Crippen molar-refractivity contribution in [1.29, 1.82) is 0 Å². The van der Waals surface area contributed by atoms with Crippen molar-refractivity contribution in [2.45, 2.75) is 64.7 Å². The minimum Gasteiger partial charge on any atom is -0.307 e. The van der Waals surface area contributed by atoms with Crippen molar-refractivity contribution in [3.8, 4) is 22.5 Å². The number of benzene rings is 2. The molecular formula is C44H50F2N10O2. The summed E-state index contributed by atoms with van der Waals surface area (Å²) in [6, 6.07) is 17.3. The zero-order chi connectivity index (χ0) is 40.2. The summed E-state index contributed by atoms with van der Waals surface area (Å²) in [6.45, 7) is 9.25. The summed E-state index contributed by atoms with van der Waals surface area (Å²) in [5.74, 6) is -2.27. The Kier molecular flexibility index (Phi) is 11.8. The molecule has 0 bridgehead atoms. The van der Waals surface area contributed by atoms with Gasteiger partial charge in [0.05, 0.1) is 11.0 Å². The average Bonchev–Trinajstić information content (AvgIpc) is 3.81. The van der Waals surface area contributed by atoms with E-state index >= 15 is 8.78 Å². The molecule has 2 fully saturated rings. The Labute approximate surface area is 336 Å². The Hall–Kier alpha value is -5.60. The Morgan fingerprint density at radius 2 is 1.38 bits per heavy atom. The highest BCUT2D eigenvalue weighted by atomic mass is 19.1. The average molecular weight is 789 g/mol. The number of aromatic amines is 2. The molecule has 3 unspecified atom stereocenters. The van der Waals surface area contributed by atoms with Crippen LogP contribution in [0.3, 0.4) is 0 Å². The first-order chi connectivity index (χ1) is 28.2. The summed E-state index contributed by atoms with van der Waals surface area (Å²) in [6.07, 6.45) is 10.4. The summed E-state index contributed by atoms with van der Waals surface area (Å²) in [7, 11) is 0. The van der Waals surface area contributed by atoms with E-state index in [4.69, 9.17) is 0 Å². The summed E-state index contributed by atoms with van der Waals surface area (Å²) in [5.41, 5.74) is 4.36. The molecule has 4 N–H and O–H groups in total. The quantitative estimate of drug-likeness (QED) is 0.0918. The van der Waals surface area contributed by atoms with E-state index in [1.807, 2.05) is 50.2 Å². The largest absolute Gasteiger partial charge is 0.307 e. The van der Waals surface area contributed by atoms with Crippen LogP contribution in [-0.4, -0.2) is 91.2 Å². The highest BCUT2D eigenvalue weighted by Gasteiger charge is 2.26. The smallest absolute Gasteiger partial charge is 0.228 e. The summed E-state index contributed by atoms with van der Waals surface area (Å²) >= 11 is 0. The fraction of sp³-hybridized carbons (Fsp3) is 0.409. The topological polar surface area (TPSA) is 148 Å². The van der Waals surface area contributed by atoms with Crippen LogP contribution in [0.4, 0.5) is 20.4 Å². The van der Waals surface area contributed by atoms with Gasteiger partial charge in [0, 0.05) is 52.7 Å². The monoisotopic (exact) mass is 788 g/mol. The lowest BCUT2D eigenvalue weighted by Crippen LogP contribution is -2.36. The van der Waals surface area contributed by atoms with Crippen molar-refractivity contribution in [1.82, 2.24) is 40.2 Å². The van der Waals surface area contributed by atoms with Crippen LogP contribution in [0, 0.1) is 23.5 Å². The molecule has 14 heteroatoms. The molecule has 12 nitrogen and oxygen atoms in total. The molecular weight excluding hydrogens is 739 g/mol. The number of nitrogens with zero attached hydrogens (tertiary/aromatic N) is 6. The van der Waals surface area contributed by atoms with Crippen LogP contribution < -0.4 is 10.6 Å². The maximum atomic E-state index is 15.5. The molecule has 3 atom stereocenters. The predicted octanol–water partition coefficient (Wildman–Crippen LogP) is 8.14. The number of likely N-dealkylation sites (tertiary alicyclic amines) is 2. The predicted molar refractivity (Wildman–Crippen MR) is 222 cm³/mol. The number of hydrogen-bond acceptors (Lipinski definition) is 8. The number of rotatable bonds is 13. The maximum Gasteiger partial charge on any atom is 0.228 e. The van der Waals surface area contributed by atoms with Crippen molar-refractivity contribution in [3.05, 3.63) is 84.2 Å². The summed E-state index contributed by atoms with van der Waals surface area (Å²) in [4.78, 5) is 39.8. The second-order valence-electron chi connectivity index (χ2n) is 16.0. The number of anilines is 2. The zero-order valence-corrected chi connectivity index (χ0v) is 33.0. The van der Waals surface area contributed by atoms with Crippen LogP contribution in [0.1, 0.15) is 70.3 Å². The molecule has 2 amide bonds. The lowest BCUT2D eigenvalue weighted by atomic mass is 9.89. The normalized spacial score (nSPS) is 17.7. The molecule has 2 aliphatic heterocycles. The number of carbonyl (C=O) groups is 2. The second-order valence-corrected chi connectivity index (χ2v) is 16.0. The molecule has 302 valence electrons. The van der Waals surface area contributed by atoms with Crippen LogP contribution in [0.15, 0.2) is 67.0 Å². The number of nitrogens with one attached hydrogen (secondary N) is 4. The molecule has 8 rings (SSSR count). The molecule has 0 aliphatic carbocycles. The minimum absolute atomic E-state index is 0.103. The van der Waals surface area contributed by atoms with Crippen molar-refractivity contribution in [2.75, 3.05) is 49.9 Å². The summed E-state index contributed by atoms with van der Waals surface area (Å²) in [5, 5.41) is 20.8. The Morgan fingerprint density at radius 1 is 0.741 bits per heavy atom. The standard InChI is InChI=1S/C44H50F2N10O2/c1-27(14-20-55-17-4-3-5-18-55)43(57)50-42-38(46)40(52-54-42)34-23-31-11-10-29(24-36(31)48-25-34)33-9-7-19-56(26-33)21-15-28(2)44(58)49-41-37(45)39(51-53-41)32-12-13-35-30(22-32)8-6-16-47-35/h6,8,10-13,16,22-25,27-28,33H,3-5,7,9,14-15,17-21,26H2,1-2H3,(H2,49,51,53,58)(H2,50,52,54,57). The highest BCUT2D eigenvalue weighted by molar-refractivity contribution is 5.93. The van der Waals surface area contributed by atoms with Crippen molar-refractivity contribution in [2.24, 2.45) is 11.8 Å². The van der Waals surface area contributed by atoms with Crippen molar-refractivity contribution < 1.29 is 18.4 Å². The molecule has 2 saturated heterocycles. The van der Waals surface area contributed by atoms with E-state index in [0.717, 1.165) is 73.9 Å². The van der Waals surface area contributed by atoms with E-state index < -0.39 is 11.6 Å².